The fourth-order valence-corrected chi connectivity index (χ4v) is 5.73. The first-order chi connectivity index (χ1) is 16.8. The molecule has 0 N–H and O–H groups in total. The van der Waals surface area contributed by atoms with E-state index >= 15 is 0 Å². The highest BCUT2D eigenvalue weighted by Crippen LogP contribution is 2.32. The standard InChI is InChI=1S/C26H23Cl2NO5S/c1-2-3-10-34-26(30)17-29(35(31,32)24-15-21(27)14-22(28)16-24)23-9-8-18-12-20(7-6-19(18)13-23)25-5-4-11-33-25/h4-9,11-16H,2-3,10,17H2,1H3. The zero-order valence-corrected chi connectivity index (χ0v) is 21.2. The molecule has 0 amide bonds. The van der Waals surface area contributed by atoms with Crippen molar-refractivity contribution in [1.82, 2.24) is 0 Å². The molecule has 0 bridgehead atoms. The predicted molar refractivity (Wildman–Crippen MR) is 139 cm³/mol. The van der Waals surface area contributed by atoms with Crippen molar-refractivity contribution in [2.75, 3.05) is 17.5 Å². The van der Waals surface area contributed by atoms with Crippen LogP contribution in [0.4, 0.5) is 5.69 Å². The van der Waals surface area contributed by atoms with Crippen molar-refractivity contribution < 1.29 is 22.4 Å². The van der Waals surface area contributed by atoms with Gasteiger partial charge in [-0.1, -0.05) is 54.7 Å². The molecular formula is C26H23Cl2NO5S. The number of esters is 1. The minimum absolute atomic E-state index is 0.121. The molecule has 1 aromatic heterocycles. The number of hydrogen-bond donors (Lipinski definition) is 0. The maximum atomic E-state index is 13.6. The monoisotopic (exact) mass is 531 g/mol. The Hall–Kier alpha value is -3.00. The van der Waals surface area contributed by atoms with Crippen LogP contribution >= 0.6 is 23.2 Å². The predicted octanol–water partition coefficient (Wildman–Crippen LogP) is 6.95. The molecule has 0 aliphatic heterocycles. The van der Waals surface area contributed by atoms with Crippen molar-refractivity contribution in [1.29, 1.82) is 0 Å². The molecule has 6 nitrogen and oxygen atoms in total. The zero-order valence-electron chi connectivity index (χ0n) is 18.9. The van der Waals surface area contributed by atoms with E-state index in [4.69, 9.17) is 32.4 Å². The van der Waals surface area contributed by atoms with Crippen LogP contribution < -0.4 is 4.31 Å². The number of ether oxygens (including phenoxy) is 1. The molecule has 35 heavy (non-hydrogen) atoms. The highest BCUT2D eigenvalue weighted by Gasteiger charge is 2.29. The summed E-state index contributed by atoms with van der Waals surface area (Å²) in [6.07, 6.45) is 3.14. The summed E-state index contributed by atoms with van der Waals surface area (Å²) >= 11 is 12.1. The molecular weight excluding hydrogens is 509 g/mol. The summed E-state index contributed by atoms with van der Waals surface area (Å²) in [6, 6.07) is 18.6. The molecule has 0 aliphatic carbocycles. The van der Waals surface area contributed by atoms with E-state index in [9.17, 15) is 13.2 Å². The second-order valence-corrected chi connectivity index (χ2v) is 10.6. The van der Waals surface area contributed by atoms with Gasteiger partial charge in [0, 0.05) is 15.6 Å². The van der Waals surface area contributed by atoms with Gasteiger partial charge in [-0.15, -0.1) is 0 Å². The molecule has 0 radical (unpaired) electrons. The van der Waals surface area contributed by atoms with E-state index in [0.29, 0.717) is 12.1 Å². The van der Waals surface area contributed by atoms with Crippen molar-refractivity contribution in [3.8, 4) is 11.3 Å². The Kier molecular flexibility index (Phi) is 7.69. The van der Waals surface area contributed by atoms with Crippen LogP contribution in [0.5, 0.6) is 0 Å². The highest BCUT2D eigenvalue weighted by atomic mass is 35.5. The second kappa shape index (κ2) is 10.7. The topological polar surface area (TPSA) is 76.8 Å². The smallest absolute Gasteiger partial charge is 0.326 e. The van der Waals surface area contributed by atoms with E-state index in [1.807, 2.05) is 37.3 Å². The van der Waals surface area contributed by atoms with Gasteiger partial charge < -0.3 is 9.15 Å². The summed E-state index contributed by atoms with van der Waals surface area (Å²) in [5.74, 6) is 0.0799. The average Bonchev–Trinajstić information content (AvgIpc) is 3.36. The molecule has 4 aromatic rings. The molecule has 0 fully saturated rings. The Labute approximate surface area is 214 Å². The van der Waals surface area contributed by atoms with E-state index < -0.39 is 22.5 Å². The molecule has 0 unspecified atom stereocenters. The van der Waals surface area contributed by atoms with Gasteiger partial charge in [-0.3, -0.25) is 9.10 Å². The van der Waals surface area contributed by atoms with E-state index in [0.717, 1.165) is 32.8 Å². The third-order valence-corrected chi connectivity index (χ3v) is 7.56. The number of furan rings is 1. The van der Waals surface area contributed by atoms with Crippen molar-refractivity contribution >= 4 is 55.7 Å². The first-order valence-corrected chi connectivity index (χ1v) is 13.2. The second-order valence-electron chi connectivity index (χ2n) is 7.91. The minimum Gasteiger partial charge on any atom is -0.464 e. The largest absolute Gasteiger partial charge is 0.464 e. The fraction of sp³-hybridized carbons (Fsp3) is 0.192. The average molecular weight is 532 g/mol. The molecule has 3 aromatic carbocycles. The summed E-state index contributed by atoms with van der Waals surface area (Å²) in [4.78, 5) is 12.4. The van der Waals surface area contributed by atoms with Crippen LogP contribution in [-0.2, 0) is 19.6 Å². The summed E-state index contributed by atoms with van der Waals surface area (Å²) < 4.78 is 39.0. The van der Waals surface area contributed by atoms with Crippen LogP contribution in [0.15, 0.2) is 82.3 Å². The first-order valence-electron chi connectivity index (χ1n) is 11.0. The maximum Gasteiger partial charge on any atom is 0.326 e. The maximum absolute atomic E-state index is 13.6. The number of nitrogens with zero attached hydrogens (tertiary/aromatic N) is 1. The number of anilines is 1. The number of sulfonamides is 1. The van der Waals surface area contributed by atoms with Crippen LogP contribution in [0.2, 0.25) is 10.0 Å². The van der Waals surface area contributed by atoms with Crippen molar-refractivity contribution in [3.05, 3.63) is 83.0 Å². The molecule has 0 aliphatic rings. The molecule has 4 rings (SSSR count). The van der Waals surface area contributed by atoms with Gasteiger partial charge in [-0.25, -0.2) is 8.42 Å². The van der Waals surface area contributed by atoms with Crippen LogP contribution in [0.25, 0.3) is 22.1 Å². The Bertz CT molecular complexity index is 1430. The first kappa shape index (κ1) is 25.1. The lowest BCUT2D eigenvalue weighted by Crippen LogP contribution is -2.36. The lowest BCUT2D eigenvalue weighted by atomic mass is 10.0. The van der Waals surface area contributed by atoms with E-state index in [-0.39, 0.29) is 21.5 Å². The third kappa shape index (κ3) is 5.81. The van der Waals surface area contributed by atoms with Gasteiger partial charge in [0.2, 0.25) is 0 Å². The highest BCUT2D eigenvalue weighted by molar-refractivity contribution is 7.92. The quantitative estimate of drug-likeness (QED) is 0.172. The Morgan fingerprint density at radius 1 is 0.971 bits per heavy atom. The number of halogens is 2. The van der Waals surface area contributed by atoms with Crippen molar-refractivity contribution in [2.45, 2.75) is 24.7 Å². The van der Waals surface area contributed by atoms with E-state index in [2.05, 4.69) is 0 Å². The summed E-state index contributed by atoms with van der Waals surface area (Å²) in [6.45, 7) is 1.70. The van der Waals surface area contributed by atoms with Crippen molar-refractivity contribution in [3.63, 3.8) is 0 Å². The van der Waals surface area contributed by atoms with Gasteiger partial charge >= 0.3 is 5.97 Å². The number of carbonyl (C=O) groups excluding carboxylic acids is 1. The SMILES string of the molecule is CCCCOC(=O)CN(c1ccc2cc(-c3ccco3)ccc2c1)S(=O)(=O)c1cc(Cl)cc(Cl)c1. The zero-order chi connectivity index (χ0) is 25.0. The van der Waals surface area contributed by atoms with Crippen LogP contribution in [-0.4, -0.2) is 27.5 Å². The molecule has 0 saturated carbocycles. The van der Waals surface area contributed by atoms with Gasteiger partial charge in [0.05, 0.1) is 23.5 Å². The van der Waals surface area contributed by atoms with Crippen LogP contribution in [0.3, 0.4) is 0 Å². The Morgan fingerprint density at radius 3 is 2.37 bits per heavy atom. The van der Waals surface area contributed by atoms with Gasteiger partial charge in [0.15, 0.2) is 0 Å². The molecule has 182 valence electrons. The summed E-state index contributed by atoms with van der Waals surface area (Å²) in [5, 5.41) is 2.02. The van der Waals surface area contributed by atoms with Crippen LogP contribution in [0, 0.1) is 0 Å². The number of unbranched alkanes of at least 4 members (excludes halogenated alkanes) is 1. The number of benzene rings is 3. The van der Waals surface area contributed by atoms with E-state index in [1.54, 1.807) is 24.5 Å². The normalized spacial score (nSPS) is 11.5. The molecule has 1 heterocycles. The fourth-order valence-electron chi connectivity index (χ4n) is 3.60. The van der Waals surface area contributed by atoms with Gasteiger partial charge in [-0.2, -0.15) is 0 Å². The Balaban J connectivity index is 1.74. The van der Waals surface area contributed by atoms with E-state index in [1.165, 1.54) is 18.2 Å². The summed E-state index contributed by atoms with van der Waals surface area (Å²) in [5.41, 5.74) is 1.21. The molecule has 0 spiro atoms. The van der Waals surface area contributed by atoms with Gasteiger partial charge in [-0.05, 0) is 65.7 Å². The Morgan fingerprint density at radius 2 is 1.69 bits per heavy atom. The third-order valence-electron chi connectivity index (χ3n) is 5.38. The molecule has 0 atom stereocenters. The number of carbonyl (C=O) groups is 1. The lowest BCUT2D eigenvalue weighted by Gasteiger charge is -2.24. The number of hydrogen-bond acceptors (Lipinski definition) is 5. The van der Waals surface area contributed by atoms with Gasteiger partial charge in [0.1, 0.15) is 12.3 Å². The molecule has 9 heteroatoms. The number of fused-ring (bicyclic) bond motifs is 1. The minimum atomic E-state index is -4.19. The van der Waals surface area contributed by atoms with Crippen molar-refractivity contribution in [2.24, 2.45) is 0 Å². The lowest BCUT2D eigenvalue weighted by molar-refractivity contribution is -0.141. The summed E-state index contributed by atoms with van der Waals surface area (Å²) in [7, 11) is -4.19. The molecule has 0 saturated heterocycles. The number of rotatable bonds is 9. The van der Waals surface area contributed by atoms with Gasteiger partial charge in [0.25, 0.3) is 10.0 Å². The van der Waals surface area contributed by atoms with Crippen LogP contribution in [0.1, 0.15) is 19.8 Å².